The third-order valence-electron chi connectivity index (χ3n) is 5.06. The van der Waals surface area contributed by atoms with Gasteiger partial charge in [0.25, 0.3) is 5.56 Å². The van der Waals surface area contributed by atoms with Gasteiger partial charge in [0.1, 0.15) is 5.82 Å². The van der Waals surface area contributed by atoms with Gasteiger partial charge in [0, 0.05) is 7.05 Å². The highest BCUT2D eigenvalue weighted by atomic mass is 19.4. The molecule has 0 radical (unpaired) electrons. The third kappa shape index (κ3) is 4.63. The number of H-pyrrole nitrogens is 1. The molecule has 0 saturated heterocycles. The fourth-order valence-electron chi connectivity index (χ4n) is 3.59. The molecule has 0 aliphatic carbocycles. The molecule has 0 aliphatic rings. The zero-order valence-corrected chi connectivity index (χ0v) is 19.7. The largest absolute Gasteiger partial charge is 0.462 e. The second-order valence-electron chi connectivity index (χ2n) is 7.22. The molecular formula is C23H24F3N5O4. The summed E-state index contributed by atoms with van der Waals surface area (Å²) in [6, 6.07) is 7.54. The van der Waals surface area contributed by atoms with Crippen LogP contribution in [0.2, 0.25) is 0 Å². The van der Waals surface area contributed by atoms with Gasteiger partial charge in [-0.1, -0.05) is 13.8 Å². The maximum atomic E-state index is 13.4. The number of hydrogen-bond donors (Lipinski definition) is 1. The number of rotatable bonds is 4. The van der Waals surface area contributed by atoms with Crippen LogP contribution in [-0.2, 0) is 18.0 Å². The number of ether oxygens (including phenoxy) is 1. The summed E-state index contributed by atoms with van der Waals surface area (Å²) < 4.78 is 48.5. The summed E-state index contributed by atoms with van der Waals surface area (Å²) >= 11 is 0. The Balaban J connectivity index is 0.00000167. The number of carbonyl (C=O) groups excluding carboxylic acids is 1. The molecule has 0 aliphatic heterocycles. The van der Waals surface area contributed by atoms with E-state index >= 15 is 0 Å². The van der Waals surface area contributed by atoms with Crippen LogP contribution < -0.4 is 11.2 Å². The number of halogens is 3. The molecule has 0 bridgehead atoms. The molecule has 0 unspecified atom stereocenters. The number of carbonyl (C=O) groups is 1. The van der Waals surface area contributed by atoms with Crippen molar-refractivity contribution in [2.24, 2.45) is 7.05 Å². The average molecular weight is 491 g/mol. The lowest BCUT2D eigenvalue weighted by Gasteiger charge is -2.09. The molecule has 35 heavy (non-hydrogen) atoms. The Labute approximate surface area is 197 Å². The topological polar surface area (TPSA) is 104 Å². The molecule has 186 valence electrons. The molecule has 2 heterocycles. The molecule has 2 aromatic carbocycles. The van der Waals surface area contributed by atoms with Gasteiger partial charge in [0.15, 0.2) is 0 Å². The van der Waals surface area contributed by atoms with E-state index < -0.39 is 28.8 Å². The number of aryl methyl sites for hydroxylation is 2. The number of esters is 1. The fourth-order valence-corrected chi connectivity index (χ4v) is 3.59. The van der Waals surface area contributed by atoms with E-state index in [2.05, 4.69) is 10.2 Å². The highest BCUT2D eigenvalue weighted by molar-refractivity contribution is 6.03. The third-order valence-corrected chi connectivity index (χ3v) is 5.06. The zero-order valence-electron chi connectivity index (χ0n) is 19.7. The minimum absolute atomic E-state index is 0.0657. The van der Waals surface area contributed by atoms with Crippen molar-refractivity contribution in [2.75, 3.05) is 6.61 Å². The van der Waals surface area contributed by atoms with E-state index in [0.29, 0.717) is 17.6 Å². The van der Waals surface area contributed by atoms with Crippen LogP contribution in [0.5, 0.6) is 0 Å². The smallest absolute Gasteiger partial charge is 0.416 e. The first-order chi connectivity index (χ1) is 16.5. The number of fused-ring (bicyclic) bond motifs is 1. The fraction of sp³-hybridized carbons (Fsp3) is 0.304. The minimum Gasteiger partial charge on any atom is -0.462 e. The summed E-state index contributed by atoms with van der Waals surface area (Å²) in [5.74, 6) is -0.574. The van der Waals surface area contributed by atoms with Gasteiger partial charge in [-0.3, -0.25) is 9.89 Å². The van der Waals surface area contributed by atoms with Crippen LogP contribution in [0.1, 0.15) is 42.5 Å². The highest BCUT2D eigenvalue weighted by Crippen LogP contribution is 2.32. The number of aromatic amines is 1. The molecule has 0 fully saturated rings. The summed E-state index contributed by atoms with van der Waals surface area (Å²) in [6.45, 7) is 7.10. The molecule has 1 N–H and O–H groups in total. The number of hydrogen-bond acceptors (Lipinski definition) is 5. The van der Waals surface area contributed by atoms with Crippen molar-refractivity contribution < 1.29 is 22.7 Å². The van der Waals surface area contributed by atoms with E-state index in [9.17, 15) is 27.6 Å². The van der Waals surface area contributed by atoms with Crippen LogP contribution in [0, 0.1) is 6.92 Å². The van der Waals surface area contributed by atoms with Crippen molar-refractivity contribution in [3.05, 3.63) is 74.2 Å². The van der Waals surface area contributed by atoms with Gasteiger partial charge in [-0.25, -0.2) is 23.5 Å². The molecule has 0 spiro atoms. The number of aromatic nitrogens is 5. The van der Waals surface area contributed by atoms with Gasteiger partial charge < -0.3 is 4.74 Å². The quantitative estimate of drug-likeness (QED) is 0.438. The second-order valence-corrected chi connectivity index (χ2v) is 7.22. The van der Waals surface area contributed by atoms with E-state index in [1.165, 1.54) is 35.4 Å². The Kier molecular flexibility index (Phi) is 7.04. The van der Waals surface area contributed by atoms with Crippen LogP contribution >= 0.6 is 0 Å². The van der Waals surface area contributed by atoms with Gasteiger partial charge in [-0.15, -0.1) is 0 Å². The maximum Gasteiger partial charge on any atom is 0.416 e. The van der Waals surface area contributed by atoms with Gasteiger partial charge in [0.05, 0.1) is 40.0 Å². The predicted octanol–water partition coefficient (Wildman–Crippen LogP) is 3.73. The number of nitrogens with zero attached hydrogens (tertiary/aromatic N) is 4. The Hall–Kier alpha value is -4.09. The van der Waals surface area contributed by atoms with Crippen molar-refractivity contribution in [2.45, 2.75) is 33.9 Å². The van der Waals surface area contributed by atoms with Gasteiger partial charge >= 0.3 is 17.8 Å². The molecule has 9 nitrogen and oxygen atoms in total. The van der Waals surface area contributed by atoms with Crippen LogP contribution in [0.4, 0.5) is 13.2 Å². The molecule has 0 amide bonds. The summed E-state index contributed by atoms with van der Waals surface area (Å²) in [7, 11) is 1.51. The molecule has 0 saturated carbocycles. The van der Waals surface area contributed by atoms with E-state index in [0.717, 1.165) is 10.7 Å². The number of benzene rings is 2. The number of alkyl halides is 3. The van der Waals surface area contributed by atoms with Crippen molar-refractivity contribution in [1.82, 2.24) is 24.1 Å². The molecule has 0 atom stereocenters. The lowest BCUT2D eigenvalue weighted by atomic mass is 10.1. The zero-order chi connectivity index (χ0) is 26.1. The molecule has 4 aromatic rings. The standard InChI is InChI=1S/C21H18F3N5O4.C2H6/c1-4-33-19(31)15-9-12(21(22,23)24)10-16-17(15)18(30)29(26-16)14-7-5-13(6-8-14)28-11(2)25-27(3)20(28)32;1-2/h5-10,26H,4H2,1-3H3;1-2H3. The van der Waals surface area contributed by atoms with Crippen molar-refractivity contribution >= 4 is 16.9 Å². The minimum atomic E-state index is -4.73. The van der Waals surface area contributed by atoms with Crippen molar-refractivity contribution in [3.63, 3.8) is 0 Å². The number of nitrogens with one attached hydrogen (secondary N) is 1. The van der Waals surface area contributed by atoms with E-state index in [1.807, 2.05) is 13.8 Å². The van der Waals surface area contributed by atoms with Crippen LogP contribution in [-0.4, -0.2) is 36.7 Å². The van der Waals surface area contributed by atoms with Crippen molar-refractivity contribution in [3.8, 4) is 11.4 Å². The lowest BCUT2D eigenvalue weighted by Crippen LogP contribution is -2.22. The van der Waals surface area contributed by atoms with Gasteiger partial charge in [0.2, 0.25) is 0 Å². The first-order valence-corrected chi connectivity index (χ1v) is 10.8. The SMILES string of the molecule is CC.CCOC(=O)c1cc(C(F)(F)F)cc2[nH]n(-c3ccc(-n4c(C)nn(C)c4=O)cc3)c(=O)c12. The average Bonchev–Trinajstić information content (AvgIpc) is 3.29. The van der Waals surface area contributed by atoms with Crippen molar-refractivity contribution in [1.29, 1.82) is 0 Å². The predicted molar refractivity (Wildman–Crippen MR) is 123 cm³/mol. The molecule has 12 heteroatoms. The monoisotopic (exact) mass is 491 g/mol. The maximum absolute atomic E-state index is 13.4. The summed E-state index contributed by atoms with van der Waals surface area (Å²) in [5.41, 5.74) is -2.03. The Morgan fingerprint density at radius 3 is 2.20 bits per heavy atom. The summed E-state index contributed by atoms with van der Waals surface area (Å²) in [6.07, 6.45) is -4.73. The molecule has 2 aromatic heterocycles. The lowest BCUT2D eigenvalue weighted by molar-refractivity contribution is -0.137. The molecular weight excluding hydrogens is 467 g/mol. The van der Waals surface area contributed by atoms with Crippen LogP contribution in [0.15, 0.2) is 46.0 Å². The van der Waals surface area contributed by atoms with E-state index in [4.69, 9.17) is 4.74 Å². The Bertz CT molecular complexity index is 1490. The van der Waals surface area contributed by atoms with Gasteiger partial charge in [-0.2, -0.15) is 18.3 Å². The summed E-state index contributed by atoms with van der Waals surface area (Å²) in [4.78, 5) is 37.6. The first kappa shape index (κ1) is 25.5. The van der Waals surface area contributed by atoms with Gasteiger partial charge in [-0.05, 0) is 50.2 Å². The van der Waals surface area contributed by atoms with Crippen LogP contribution in [0.3, 0.4) is 0 Å². The Morgan fingerprint density at radius 2 is 1.69 bits per heavy atom. The summed E-state index contributed by atoms with van der Waals surface area (Å²) in [5, 5.41) is 6.46. The Morgan fingerprint density at radius 1 is 1.09 bits per heavy atom. The normalized spacial score (nSPS) is 11.3. The first-order valence-electron chi connectivity index (χ1n) is 10.8. The van der Waals surface area contributed by atoms with E-state index in [-0.39, 0.29) is 28.9 Å². The van der Waals surface area contributed by atoms with Crippen LogP contribution in [0.25, 0.3) is 22.3 Å². The van der Waals surface area contributed by atoms with E-state index in [1.54, 1.807) is 19.1 Å². The molecule has 4 rings (SSSR count). The highest BCUT2D eigenvalue weighted by Gasteiger charge is 2.33. The second kappa shape index (κ2) is 9.65.